The Balaban J connectivity index is 1.50. The molecule has 168 valence electrons. The molecule has 0 amide bonds. The highest BCUT2D eigenvalue weighted by molar-refractivity contribution is 6.31. The molecule has 9 nitrogen and oxygen atoms in total. The van der Waals surface area contributed by atoms with E-state index in [0.717, 1.165) is 32.5 Å². The number of halogens is 2. The van der Waals surface area contributed by atoms with Gasteiger partial charge in [0.05, 0.1) is 17.6 Å². The van der Waals surface area contributed by atoms with Gasteiger partial charge in [0.1, 0.15) is 23.2 Å². The molecule has 1 aliphatic rings. The molecule has 1 aromatic carbocycles. The van der Waals surface area contributed by atoms with Gasteiger partial charge in [0.15, 0.2) is 5.82 Å². The van der Waals surface area contributed by atoms with Gasteiger partial charge in [-0.3, -0.25) is 4.79 Å². The molecule has 0 spiro atoms. The predicted octanol–water partition coefficient (Wildman–Crippen LogP) is 3.24. The first kappa shape index (κ1) is 22.1. The van der Waals surface area contributed by atoms with Crippen molar-refractivity contribution < 1.29 is 14.3 Å². The van der Waals surface area contributed by atoms with E-state index in [2.05, 4.69) is 30.5 Å². The maximum Gasteiger partial charge on any atom is 0.304 e. The summed E-state index contributed by atoms with van der Waals surface area (Å²) in [4.78, 5) is 30.5. The second kappa shape index (κ2) is 10.0. The third kappa shape index (κ3) is 5.38. The van der Waals surface area contributed by atoms with Gasteiger partial charge in [-0.2, -0.15) is 0 Å². The van der Waals surface area contributed by atoms with Gasteiger partial charge in [0.25, 0.3) is 0 Å². The van der Waals surface area contributed by atoms with Crippen molar-refractivity contribution in [2.45, 2.75) is 19.3 Å². The van der Waals surface area contributed by atoms with E-state index >= 15 is 0 Å². The van der Waals surface area contributed by atoms with E-state index in [9.17, 15) is 9.18 Å². The lowest BCUT2D eigenvalue weighted by molar-refractivity contribution is -0.136. The minimum atomic E-state index is -0.804. The standard InChI is InChI=1S/C21H23ClFN7O2/c22-15-8-14(3-4-16(15)23)28-20-19-17(26-12-27-20)10-25-21(29-19)30-7-1-2-13(11-30)9-24-6-5-18(31)32/h3-4,8,10,12-13,24H,1-2,5-7,9,11H2,(H,31,32)(H,26,27,28). The lowest BCUT2D eigenvalue weighted by atomic mass is 9.98. The van der Waals surface area contributed by atoms with Gasteiger partial charge >= 0.3 is 5.97 Å². The monoisotopic (exact) mass is 459 g/mol. The number of hydrogen-bond donors (Lipinski definition) is 3. The average Bonchev–Trinajstić information content (AvgIpc) is 2.79. The molecule has 1 saturated heterocycles. The van der Waals surface area contributed by atoms with Crippen molar-refractivity contribution in [3.63, 3.8) is 0 Å². The van der Waals surface area contributed by atoms with Gasteiger partial charge in [-0.15, -0.1) is 0 Å². The van der Waals surface area contributed by atoms with E-state index in [4.69, 9.17) is 21.7 Å². The molecule has 1 fully saturated rings. The number of anilines is 3. The SMILES string of the molecule is O=C(O)CCNCC1CCCN(c2ncc3ncnc(Nc4ccc(F)c(Cl)c4)c3n2)C1. The summed E-state index contributed by atoms with van der Waals surface area (Å²) in [6, 6.07) is 4.34. The molecule has 1 aliphatic heterocycles. The van der Waals surface area contributed by atoms with Crippen LogP contribution in [0.1, 0.15) is 19.3 Å². The molecular formula is C21H23ClFN7O2. The highest BCUT2D eigenvalue weighted by atomic mass is 35.5. The number of nitrogens with one attached hydrogen (secondary N) is 2. The average molecular weight is 460 g/mol. The van der Waals surface area contributed by atoms with E-state index in [1.165, 1.54) is 18.5 Å². The van der Waals surface area contributed by atoms with Gasteiger partial charge < -0.3 is 20.6 Å². The summed E-state index contributed by atoms with van der Waals surface area (Å²) in [7, 11) is 0. The molecule has 4 rings (SSSR count). The number of aliphatic carboxylic acids is 1. The Bertz CT molecular complexity index is 1120. The Morgan fingerprint density at radius 1 is 1.31 bits per heavy atom. The Morgan fingerprint density at radius 3 is 3.00 bits per heavy atom. The molecule has 3 N–H and O–H groups in total. The highest BCUT2D eigenvalue weighted by Crippen LogP contribution is 2.27. The number of benzene rings is 1. The summed E-state index contributed by atoms with van der Waals surface area (Å²) in [5.74, 6) is 0.143. The fourth-order valence-corrected chi connectivity index (χ4v) is 3.89. The van der Waals surface area contributed by atoms with Crippen molar-refractivity contribution in [1.29, 1.82) is 0 Å². The van der Waals surface area contributed by atoms with Crippen LogP contribution >= 0.6 is 11.6 Å². The maximum atomic E-state index is 13.5. The predicted molar refractivity (Wildman–Crippen MR) is 120 cm³/mol. The lowest BCUT2D eigenvalue weighted by Gasteiger charge is -2.33. The topological polar surface area (TPSA) is 116 Å². The van der Waals surface area contributed by atoms with Crippen LogP contribution in [0.4, 0.5) is 21.8 Å². The Hall–Kier alpha value is -3.11. The number of aromatic nitrogens is 4. The van der Waals surface area contributed by atoms with Crippen LogP contribution in [-0.4, -0.2) is 57.2 Å². The van der Waals surface area contributed by atoms with Gasteiger partial charge in [-0.05, 0) is 43.5 Å². The normalized spacial score (nSPS) is 16.3. The van der Waals surface area contributed by atoms with Crippen LogP contribution in [0.2, 0.25) is 5.02 Å². The van der Waals surface area contributed by atoms with E-state index < -0.39 is 11.8 Å². The molecule has 32 heavy (non-hydrogen) atoms. The van der Waals surface area contributed by atoms with E-state index in [-0.39, 0.29) is 11.4 Å². The molecule has 0 radical (unpaired) electrons. The first-order valence-electron chi connectivity index (χ1n) is 10.4. The van der Waals surface area contributed by atoms with Crippen LogP contribution < -0.4 is 15.5 Å². The molecule has 1 atom stereocenters. The van der Waals surface area contributed by atoms with Crippen molar-refractivity contribution in [3.05, 3.63) is 41.6 Å². The zero-order chi connectivity index (χ0) is 22.5. The largest absolute Gasteiger partial charge is 0.481 e. The summed E-state index contributed by atoms with van der Waals surface area (Å²) in [5, 5.41) is 15.1. The number of carboxylic acid groups (broad SMARTS) is 1. The van der Waals surface area contributed by atoms with E-state index in [0.29, 0.717) is 40.9 Å². The summed E-state index contributed by atoms with van der Waals surface area (Å²) in [6.45, 7) is 2.81. The number of rotatable bonds is 8. The van der Waals surface area contributed by atoms with Crippen molar-refractivity contribution in [2.24, 2.45) is 5.92 Å². The van der Waals surface area contributed by atoms with Gasteiger partial charge in [0, 0.05) is 25.3 Å². The van der Waals surface area contributed by atoms with Crippen molar-refractivity contribution in [3.8, 4) is 0 Å². The van der Waals surface area contributed by atoms with Crippen LogP contribution in [0, 0.1) is 11.7 Å². The number of nitrogens with zero attached hydrogens (tertiary/aromatic N) is 5. The summed E-state index contributed by atoms with van der Waals surface area (Å²) < 4.78 is 13.5. The second-order valence-corrected chi connectivity index (χ2v) is 8.09. The molecule has 1 unspecified atom stereocenters. The molecule has 3 aromatic rings. The Morgan fingerprint density at radius 2 is 2.19 bits per heavy atom. The van der Waals surface area contributed by atoms with Crippen molar-refractivity contribution in [1.82, 2.24) is 25.3 Å². The zero-order valence-corrected chi connectivity index (χ0v) is 18.0. The Kier molecular flexibility index (Phi) is 6.91. The van der Waals surface area contributed by atoms with Crippen molar-refractivity contribution >= 4 is 46.1 Å². The van der Waals surface area contributed by atoms with Gasteiger partial charge in [-0.1, -0.05) is 11.6 Å². The number of piperidine rings is 1. The first-order valence-corrected chi connectivity index (χ1v) is 10.7. The minimum Gasteiger partial charge on any atom is -0.481 e. The molecule has 0 bridgehead atoms. The fraction of sp³-hybridized carbons (Fsp3) is 0.381. The van der Waals surface area contributed by atoms with Crippen LogP contribution in [0.5, 0.6) is 0 Å². The quantitative estimate of drug-likeness (QED) is 0.436. The third-order valence-electron chi connectivity index (χ3n) is 5.30. The van der Waals surface area contributed by atoms with E-state index in [1.807, 2.05) is 0 Å². The molecule has 3 heterocycles. The highest BCUT2D eigenvalue weighted by Gasteiger charge is 2.22. The van der Waals surface area contributed by atoms with Crippen molar-refractivity contribution in [2.75, 3.05) is 36.4 Å². The maximum absolute atomic E-state index is 13.5. The summed E-state index contributed by atoms with van der Waals surface area (Å²) in [6.07, 6.45) is 5.25. The molecule has 0 saturated carbocycles. The Labute approximate surface area is 189 Å². The summed E-state index contributed by atoms with van der Waals surface area (Å²) in [5.41, 5.74) is 1.73. The number of fused-ring (bicyclic) bond motifs is 1. The van der Waals surface area contributed by atoms with Crippen LogP contribution in [0.25, 0.3) is 11.0 Å². The summed E-state index contributed by atoms with van der Waals surface area (Å²) >= 11 is 5.89. The second-order valence-electron chi connectivity index (χ2n) is 7.68. The number of carbonyl (C=O) groups is 1. The lowest BCUT2D eigenvalue weighted by Crippen LogP contribution is -2.40. The molecule has 2 aromatic heterocycles. The minimum absolute atomic E-state index is 0.0139. The number of hydrogen-bond acceptors (Lipinski definition) is 8. The third-order valence-corrected chi connectivity index (χ3v) is 5.59. The first-order chi connectivity index (χ1) is 15.5. The zero-order valence-electron chi connectivity index (χ0n) is 17.3. The van der Waals surface area contributed by atoms with Crippen LogP contribution in [0.15, 0.2) is 30.7 Å². The van der Waals surface area contributed by atoms with Gasteiger partial charge in [-0.25, -0.2) is 24.3 Å². The molecule has 0 aliphatic carbocycles. The van der Waals surface area contributed by atoms with Crippen LogP contribution in [0.3, 0.4) is 0 Å². The van der Waals surface area contributed by atoms with E-state index in [1.54, 1.807) is 12.3 Å². The van der Waals surface area contributed by atoms with Gasteiger partial charge in [0.2, 0.25) is 5.95 Å². The fourth-order valence-electron chi connectivity index (χ4n) is 3.71. The number of carboxylic acids is 1. The molecule has 11 heteroatoms. The smallest absolute Gasteiger partial charge is 0.304 e. The van der Waals surface area contributed by atoms with Crippen LogP contribution in [-0.2, 0) is 4.79 Å². The molecular weight excluding hydrogens is 437 g/mol.